The van der Waals surface area contributed by atoms with Crippen molar-refractivity contribution in [2.75, 3.05) is 6.61 Å². The van der Waals surface area contributed by atoms with Crippen molar-refractivity contribution >= 4 is 14.5 Å². The van der Waals surface area contributed by atoms with Gasteiger partial charge in [0.25, 0.3) is 5.56 Å². The zero-order valence-electron chi connectivity index (χ0n) is 21.7. The molecule has 1 aliphatic rings. The average molecular weight is 532 g/mol. The quantitative estimate of drug-likeness (QED) is 0.272. The van der Waals surface area contributed by atoms with Gasteiger partial charge in [-0.1, -0.05) is 38.0 Å². The molecular weight excluding hydrogens is 497 g/mol. The Morgan fingerprint density at radius 3 is 2.57 bits per heavy atom. The van der Waals surface area contributed by atoms with Gasteiger partial charge in [0.15, 0.2) is 6.23 Å². The summed E-state index contributed by atoms with van der Waals surface area (Å²) in [6.07, 6.45) is 0.587. The third-order valence-corrected chi connectivity index (χ3v) is 6.55. The SMILES string of the molecule is CC(C)C#C[C@H]1CC(COP(NC(C)C(=O)OC(C)C)Oc2ccccc2)OC1n1ccc(=O)[nH]c1=O. The van der Waals surface area contributed by atoms with Gasteiger partial charge in [-0.05, 0) is 39.3 Å². The van der Waals surface area contributed by atoms with Crippen LogP contribution in [0.3, 0.4) is 0 Å². The van der Waals surface area contributed by atoms with Crippen LogP contribution in [0.1, 0.15) is 47.3 Å². The predicted octanol–water partition coefficient (Wildman–Crippen LogP) is 3.35. The molecule has 2 heterocycles. The standard InChI is InChI=1S/C26H34N3O7P/c1-17(2)11-12-20-15-22(35-24(20)29-14-13-23(30)27-26(29)32)16-33-37(36-21-9-7-6-8-10-21)28-19(5)25(31)34-18(3)4/h6-10,13-14,17-20,22,24,28H,15-16H2,1-5H3,(H,27,30,32)/t19?,20-,22?,24?,37?/m0/s1. The molecule has 1 aliphatic heterocycles. The van der Waals surface area contributed by atoms with E-state index < -0.39 is 44.1 Å². The Labute approximate surface area is 217 Å². The maximum absolute atomic E-state index is 12.4. The van der Waals surface area contributed by atoms with E-state index >= 15 is 0 Å². The lowest BCUT2D eigenvalue weighted by Gasteiger charge is -2.23. The molecule has 1 aromatic heterocycles. The van der Waals surface area contributed by atoms with Gasteiger partial charge in [0.05, 0.1) is 24.7 Å². The van der Waals surface area contributed by atoms with Gasteiger partial charge >= 0.3 is 20.2 Å². The smallest absolute Gasteiger partial charge is 0.330 e. The molecular formula is C26H34N3O7P. The molecule has 11 heteroatoms. The number of nitrogens with zero attached hydrogens (tertiary/aromatic N) is 1. The Balaban J connectivity index is 1.73. The molecule has 0 spiro atoms. The molecule has 1 aromatic carbocycles. The maximum atomic E-state index is 12.4. The summed E-state index contributed by atoms with van der Waals surface area (Å²) in [6, 6.07) is 9.73. The second kappa shape index (κ2) is 13.5. The third kappa shape index (κ3) is 8.83. The molecule has 4 unspecified atom stereocenters. The number of hydrogen-bond acceptors (Lipinski definition) is 8. The number of rotatable bonds is 10. The van der Waals surface area contributed by atoms with Crippen LogP contribution in [0.2, 0.25) is 0 Å². The van der Waals surface area contributed by atoms with E-state index in [1.807, 2.05) is 32.0 Å². The summed E-state index contributed by atoms with van der Waals surface area (Å²) in [5, 5.41) is 3.07. The van der Waals surface area contributed by atoms with Gasteiger partial charge < -0.3 is 18.5 Å². The first kappa shape index (κ1) is 28.6. The van der Waals surface area contributed by atoms with Crippen LogP contribution < -0.4 is 20.9 Å². The van der Waals surface area contributed by atoms with Crippen LogP contribution in [0.25, 0.3) is 0 Å². The van der Waals surface area contributed by atoms with Crippen molar-refractivity contribution in [2.45, 2.75) is 65.5 Å². The number of carbonyl (C=O) groups excluding carboxylic acids is 1. The highest BCUT2D eigenvalue weighted by Crippen LogP contribution is 2.39. The largest absolute Gasteiger partial charge is 0.462 e. The summed E-state index contributed by atoms with van der Waals surface area (Å²) in [5.74, 6) is 6.38. The van der Waals surface area contributed by atoms with E-state index in [2.05, 4.69) is 21.9 Å². The molecule has 1 fully saturated rings. The van der Waals surface area contributed by atoms with Crippen LogP contribution in [0.5, 0.6) is 5.75 Å². The molecule has 10 nitrogen and oxygen atoms in total. The van der Waals surface area contributed by atoms with Crippen molar-refractivity contribution in [3.63, 3.8) is 0 Å². The van der Waals surface area contributed by atoms with Crippen molar-refractivity contribution in [1.82, 2.24) is 14.6 Å². The van der Waals surface area contributed by atoms with Crippen molar-refractivity contribution in [2.24, 2.45) is 11.8 Å². The average Bonchev–Trinajstić information content (AvgIpc) is 3.24. The van der Waals surface area contributed by atoms with Crippen molar-refractivity contribution < 1.29 is 23.3 Å². The van der Waals surface area contributed by atoms with E-state index in [4.69, 9.17) is 18.5 Å². The van der Waals surface area contributed by atoms with Gasteiger partial charge in [-0.15, -0.1) is 5.92 Å². The first-order chi connectivity index (χ1) is 17.6. The zero-order chi connectivity index (χ0) is 26.9. The van der Waals surface area contributed by atoms with Crippen molar-refractivity contribution in [3.8, 4) is 17.6 Å². The summed E-state index contributed by atoms with van der Waals surface area (Å²) in [5.41, 5.74) is -1.05. The Hall–Kier alpha value is -2.96. The van der Waals surface area contributed by atoms with E-state index in [-0.39, 0.29) is 24.5 Å². The molecule has 0 saturated carbocycles. The minimum Gasteiger partial charge on any atom is -0.462 e. The first-order valence-electron chi connectivity index (χ1n) is 12.2. The number of ether oxygens (including phenoxy) is 2. The van der Waals surface area contributed by atoms with Gasteiger partial charge in [0.1, 0.15) is 11.8 Å². The molecule has 1 saturated heterocycles. The number of aromatic nitrogens is 2. The lowest BCUT2D eigenvalue weighted by atomic mass is 10.0. The minimum absolute atomic E-state index is 0.131. The fourth-order valence-electron chi connectivity index (χ4n) is 3.51. The fourth-order valence-corrected chi connectivity index (χ4v) is 4.73. The van der Waals surface area contributed by atoms with Gasteiger partial charge in [-0.3, -0.25) is 19.1 Å². The number of aromatic amines is 1. The van der Waals surface area contributed by atoms with E-state index in [1.54, 1.807) is 32.9 Å². The molecule has 37 heavy (non-hydrogen) atoms. The second-order valence-corrected chi connectivity index (χ2v) is 10.5. The molecule has 0 bridgehead atoms. The molecule has 0 radical (unpaired) electrons. The molecule has 0 aliphatic carbocycles. The molecule has 2 N–H and O–H groups in total. The zero-order valence-corrected chi connectivity index (χ0v) is 22.6. The summed E-state index contributed by atoms with van der Waals surface area (Å²) >= 11 is 0. The molecule has 3 rings (SSSR count). The monoisotopic (exact) mass is 531 g/mol. The lowest BCUT2D eigenvalue weighted by molar-refractivity contribution is -0.149. The van der Waals surface area contributed by atoms with Crippen LogP contribution in [-0.4, -0.2) is 40.4 Å². The normalized spacial score (nSPS) is 20.8. The van der Waals surface area contributed by atoms with E-state index in [9.17, 15) is 14.4 Å². The number of para-hydroxylation sites is 1. The summed E-state index contributed by atoms with van der Waals surface area (Å²) in [4.78, 5) is 38.6. The Kier molecular flexibility index (Phi) is 10.5. The van der Waals surface area contributed by atoms with E-state index in [0.717, 1.165) is 0 Å². The number of carbonyl (C=O) groups is 1. The van der Waals surface area contributed by atoms with Crippen LogP contribution in [0.15, 0.2) is 52.2 Å². The van der Waals surface area contributed by atoms with Gasteiger partial charge in [-0.25, -0.2) is 9.88 Å². The number of H-pyrrole nitrogens is 1. The summed E-state index contributed by atoms with van der Waals surface area (Å²) in [7, 11) is -1.74. The second-order valence-electron chi connectivity index (χ2n) is 9.25. The molecule has 200 valence electrons. The minimum atomic E-state index is -1.74. The Morgan fingerprint density at radius 2 is 1.92 bits per heavy atom. The first-order valence-corrected chi connectivity index (χ1v) is 13.4. The van der Waals surface area contributed by atoms with Gasteiger partial charge in [0, 0.05) is 18.2 Å². The topological polar surface area (TPSA) is 121 Å². The predicted molar refractivity (Wildman–Crippen MR) is 140 cm³/mol. The maximum Gasteiger partial charge on any atom is 0.330 e. The molecule has 5 atom stereocenters. The lowest BCUT2D eigenvalue weighted by Crippen LogP contribution is -2.35. The number of esters is 1. The Morgan fingerprint density at radius 1 is 1.19 bits per heavy atom. The van der Waals surface area contributed by atoms with E-state index in [1.165, 1.54) is 16.8 Å². The highest BCUT2D eigenvalue weighted by molar-refractivity contribution is 7.45. The van der Waals surface area contributed by atoms with Gasteiger partial charge in [0.2, 0.25) is 0 Å². The van der Waals surface area contributed by atoms with Crippen LogP contribution in [0.4, 0.5) is 0 Å². The Bertz CT molecular complexity index is 1200. The third-order valence-electron chi connectivity index (χ3n) is 5.19. The van der Waals surface area contributed by atoms with Crippen molar-refractivity contribution in [3.05, 3.63) is 63.4 Å². The summed E-state index contributed by atoms with van der Waals surface area (Å²) in [6.45, 7) is 9.34. The number of hydrogen-bond donors (Lipinski definition) is 2. The fraction of sp³-hybridized carbons (Fsp3) is 0.500. The van der Waals surface area contributed by atoms with E-state index in [0.29, 0.717) is 12.2 Å². The van der Waals surface area contributed by atoms with Gasteiger partial charge in [-0.2, -0.15) is 0 Å². The highest BCUT2D eigenvalue weighted by Gasteiger charge is 2.37. The van der Waals surface area contributed by atoms with Crippen LogP contribution in [-0.2, 0) is 18.8 Å². The highest BCUT2D eigenvalue weighted by atomic mass is 31.2. The molecule has 0 amide bonds. The summed E-state index contributed by atoms with van der Waals surface area (Å²) < 4.78 is 24.9. The van der Waals surface area contributed by atoms with Crippen LogP contribution >= 0.6 is 8.53 Å². The number of benzene rings is 1. The molecule has 2 aromatic rings. The van der Waals surface area contributed by atoms with Crippen molar-refractivity contribution in [1.29, 1.82) is 0 Å². The van der Waals surface area contributed by atoms with Crippen LogP contribution in [0, 0.1) is 23.7 Å². The number of nitrogens with one attached hydrogen (secondary N) is 2.